The average molecular weight is 219 g/mol. The van der Waals surface area contributed by atoms with E-state index >= 15 is 0 Å². The van der Waals surface area contributed by atoms with Crippen molar-refractivity contribution < 1.29 is 19.0 Å². The van der Waals surface area contributed by atoms with Gasteiger partial charge in [-0.3, -0.25) is 4.79 Å². The number of ether oxygens (including phenoxy) is 1. The Morgan fingerprint density at radius 1 is 1.67 bits per heavy atom. The van der Waals surface area contributed by atoms with Gasteiger partial charge in [0.05, 0.1) is 18.8 Å². The monoisotopic (exact) mass is 219 g/mol. The number of piperidine rings is 1. The summed E-state index contributed by atoms with van der Waals surface area (Å²) in [5, 5.41) is 8.64. The molecule has 1 aliphatic heterocycles. The normalized spacial score (nSPS) is 27.1. The molecular weight excluding hydrogens is 201 g/mol. The number of aliphatic hydroxyl groups is 1. The van der Waals surface area contributed by atoms with Crippen molar-refractivity contribution in [3.63, 3.8) is 0 Å². The Labute approximate surface area is 89.0 Å². The Hall–Kier alpha value is -0.680. The number of likely N-dealkylation sites (tertiary alicyclic amines) is 1. The molecule has 1 N–H and O–H groups in total. The molecule has 1 fully saturated rings. The number of rotatable bonds is 3. The van der Waals surface area contributed by atoms with E-state index in [1.807, 2.05) is 13.8 Å². The zero-order valence-corrected chi connectivity index (χ0v) is 9.15. The Bertz CT molecular complexity index is 223. The predicted molar refractivity (Wildman–Crippen MR) is 53.2 cm³/mol. The van der Waals surface area contributed by atoms with Gasteiger partial charge in [0.1, 0.15) is 12.8 Å². The van der Waals surface area contributed by atoms with Crippen LogP contribution in [0, 0.1) is 0 Å². The van der Waals surface area contributed by atoms with Gasteiger partial charge in [-0.15, -0.1) is 0 Å². The Balaban J connectivity index is 2.44. The van der Waals surface area contributed by atoms with Gasteiger partial charge < -0.3 is 14.7 Å². The van der Waals surface area contributed by atoms with E-state index in [4.69, 9.17) is 9.84 Å². The van der Waals surface area contributed by atoms with Crippen molar-refractivity contribution in [3.8, 4) is 0 Å². The Kier molecular flexibility index (Phi) is 4.47. The number of nitrogens with zero attached hydrogens (tertiary/aromatic N) is 1. The van der Waals surface area contributed by atoms with Crippen LogP contribution in [0.25, 0.3) is 0 Å². The van der Waals surface area contributed by atoms with E-state index in [1.165, 1.54) is 4.90 Å². The zero-order valence-electron chi connectivity index (χ0n) is 9.15. The highest BCUT2D eigenvalue weighted by Gasteiger charge is 2.32. The summed E-state index contributed by atoms with van der Waals surface area (Å²) in [5.74, 6) is -0.416. The van der Waals surface area contributed by atoms with E-state index < -0.39 is 24.8 Å². The first kappa shape index (κ1) is 12.4. The van der Waals surface area contributed by atoms with Gasteiger partial charge in [0.25, 0.3) is 0 Å². The van der Waals surface area contributed by atoms with Crippen LogP contribution in [0.5, 0.6) is 0 Å². The van der Waals surface area contributed by atoms with E-state index in [-0.39, 0.29) is 12.6 Å². The van der Waals surface area contributed by atoms with Gasteiger partial charge in [0, 0.05) is 6.54 Å². The molecule has 1 heterocycles. The van der Waals surface area contributed by atoms with Crippen LogP contribution >= 0.6 is 0 Å². The second-order valence-corrected chi connectivity index (χ2v) is 4.03. The SMILES string of the molecule is CC(C)O[C@@H]1CCN(C(=O)CO)C[C@H]1F. The molecule has 0 saturated carbocycles. The molecule has 0 aliphatic carbocycles. The van der Waals surface area contributed by atoms with E-state index in [9.17, 15) is 9.18 Å². The lowest BCUT2D eigenvalue weighted by molar-refractivity contribution is -0.141. The van der Waals surface area contributed by atoms with Gasteiger partial charge in [-0.05, 0) is 20.3 Å². The van der Waals surface area contributed by atoms with Crippen LogP contribution in [-0.4, -0.2) is 54.0 Å². The molecule has 1 saturated heterocycles. The number of alkyl halides is 1. The first-order chi connectivity index (χ1) is 7.04. The Morgan fingerprint density at radius 2 is 2.33 bits per heavy atom. The van der Waals surface area contributed by atoms with Gasteiger partial charge in [-0.1, -0.05) is 0 Å². The number of aliphatic hydroxyl groups excluding tert-OH is 1. The number of halogens is 1. The molecule has 0 aromatic heterocycles. The third-order valence-corrected chi connectivity index (χ3v) is 2.42. The molecule has 15 heavy (non-hydrogen) atoms. The maximum atomic E-state index is 13.6. The fraction of sp³-hybridized carbons (Fsp3) is 0.900. The minimum absolute atomic E-state index is 0.00616. The van der Waals surface area contributed by atoms with Crippen molar-refractivity contribution in [1.82, 2.24) is 4.90 Å². The van der Waals surface area contributed by atoms with Crippen molar-refractivity contribution in [2.24, 2.45) is 0 Å². The summed E-state index contributed by atoms with van der Waals surface area (Å²) < 4.78 is 18.9. The minimum Gasteiger partial charge on any atom is -0.387 e. The fourth-order valence-electron chi connectivity index (χ4n) is 1.71. The largest absolute Gasteiger partial charge is 0.387 e. The molecule has 0 radical (unpaired) electrons. The highest BCUT2D eigenvalue weighted by molar-refractivity contribution is 5.77. The summed E-state index contributed by atoms with van der Waals surface area (Å²) in [7, 11) is 0. The highest BCUT2D eigenvalue weighted by Crippen LogP contribution is 2.18. The standard InChI is InChI=1S/C10H18FNO3/c1-7(2)15-9-3-4-12(5-8(9)11)10(14)6-13/h7-9,13H,3-6H2,1-2H3/t8-,9-/m1/s1. The van der Waals surface area contributed by atoms with Crippen molar-refractivity contribution in [1.29, 1.82) is 0 Å². The number of hydrogen-bond acceptors (Lipinski definition) is 3. The molecular formula is C10H18FNO3. The lowest BCUT2D eigenvalue weighted by Crippen LogP contribution is -2.49. The van der Waals surface area contributed by atoms with Crippen molar-refractivity contribution in [2.45, 2.75) is 38.6 Å². The fourth-order valence-corrected chi connectivity index (χ4v) is 1.71. The van der Waals surface area contributed by atoms with E-state index in [0.29, 0.717) is 13.0 Å². The predicted octanol–water partition coefficient (Wildman–Crippen LogP) is 0.343. The average Bonchev–Trinajstić information content (AvgIpc) is 2.19. The van der Waals surface area contributed by atoms with Crippen LogP contribution < -0.4 is 0 Å². The molecule has 0 aromatic rings. The van der Waals surface area contributed by atoms with Gasteiger partial charge in [-0.2, -0.15) is 0 Å². The molecule has 0 aromatic carbocycles. The second kappa shape index (κ2) is 5.42. The van der Waals surface area contributed by atoms with Crippen LogP contribution in [-0.2, 0) is 9.53 Å². The van der Waals surface area contributed by atoms with Crippen molar-refractivity contribution in [2.75, 3.05) is 19.7 Å². The first-order valence-corrected chi connectivity index (χ1v) is 5.22. The van der Waals surface area contributed by atoms with E-state index in [0.717, 1.165) is 0 Å². The third kappa shape index (κ3) is 3.43. The molecule has 4 nitrogen and oxygen atoms in total. The number of amides is 1. The van der Waals surface area contributed by atoms with Crippen molar-refractivity contribution in [3.05, 3.63) is 0 Å². The summed E-state index contributed by atoms with van der Waals surface area (Å²) in [6, 6.07) is 0. The summed E-state index contributed by atoms with van der Waals surface area (Å²) in [5.41, 5.74) is 0. The van der Waals surface area contributed by atoms with Gasteiger partial charge in [-0.25, -0.2) is 4.39 Å². The molecule has 0 unspecified atom stereocenters. The molecule has 88 valence electrons. The van der Waals surface area contributed by atoms with E-state index in [1.54, 1.807) is 0 Å². The summed E-state index contributed by atoms with van der Waals surface area (Å²) in [6.45, 7) is 3.65. The lowest BCUT2D eigenvalue weighted by atomic mass is 10.1. The molecule has 2 atom stereocenters. The topological polar surface area (TPSA) is 49.8 Å². The number of carbonyl (C=O) groups is 1. The van der Waals surface area contributed by atoms with Crippen LogP contribution in [0.4, 0.5) is 4.39 Å². The van der Waals surface area contributed by atoms with Crippen LogP contribution in [0.3, 0.4) is 0 Å². The highest BCUT2D eigenvalue weighted by atomic mass is 19.1. The lowest BCUT2D eigenvalue weighted by Gasteiger charge is -2.35. The third-order valence-electron chi connectivity index (χ3n) is 2.42. The first-order valence-electron chi connectivity index (χ1n) is 5.22. The van der Waals surface area contributed by atoms with Crippen molar-refractivity contribution >= 4 is 5.91 Å². The molecule has 1 amide bonds. The molecule has 1 rings (SSSR count). The maximum absolute atomic E-state index is 13.6. The second-order valence-electron chi connectivity index (χ2n) is 4.03. The zero-order chi connectivity index (χ0) is 11.4. The summed E-state index contributed by atoms with van der Waals surface area (Å²) in [6.07, 6.45) is -1.09. The molecule has 1 aliphatic rings. The summed E-state index contributed by atoms with van der Waals surface area (Å²) in [4.78, 5) is 12.4. The quantitative estimate of drug-likeness (QED) is 0.744. The maximum Gasteiger partial charge on any atom is 0.248 e. The minimum atomic E-state index is -1.16. The molecule has 0 bridgehead atoms. The Morgan fingerprint density at radius 3 is 2.80 bits per heavy atom. The van der Waals surface area contributed by atoms with Gasteiger partial charge in [0.2, 0.25) is 5.91 Å². The number of hydrogen-bond donors (Lipinski definition) is 1. The van der Waals surface area contributed by atoms with E-state index in [2.05, 4.69) is 0 Å². The van der Waals surface area contributed by atoms with Gasteiger partial charge in [0.15, 0.2) is 0 Å². The molecule has 0 spiro atoms. The summed E-state index contributed by atoms with van der Waals surface area (Å²) >= 11 is 0. The van der Waals surface area contributed by atoms with Gasteiger partial charge >= 0.3 is 0 Å². The number of carbonyl (C=O) groups excluding carboxylic acids is 1. The van der Waals surface area contributed by atoms with Crippen LogP contribution in [0.15, 0.2) is 0 Å². The smallest absolute Gasteiger partial charge is 0.248 e. The van der Waals surface area contributed by atoms with Crippen LogP contribution in [0.1, 0.15) is 20.3 Å². The van der Waals surface area contributed by atoms with Crippen LogP contribution in [0.2, 0.25) is 0 Å². The molecule has 5 heteroatoms.